The number of nitrogens with zero attached hydrogens (tertiary/aromatic N) is 2. The number of aromatic hydroxyl groups is 1. The SMILES string of the molecule is C1CCNNC1.CCc1cc(Cl)cc(OC)c1-c1c(O)n2n(c1=O)CCCC2.CCc1cc(Cl)cc(OC)c1C(C(=O)OC)C(=O)OC. The highest BCUT2D eigenvalue weighted by Crippen LogP contribution is 2.40. The number of aryl methyl sites for hydroxylation is 2. The molecule has 2 aromatic carbocycles. The molecule has 0 radical (unpaired) electrons. The molecule has 1 saturated heterocycles. The summed E-state index contributed by atoms with van der Waals surface area (Å²) in [6.07, 6.45) is 5.83. The molecule has 0 unspecified atom stereocenters. The van der Waals surface area contributed by atoms with E-state index in [2.05, 4.69) is 10.9 Å². The van der Waals surface area contributed by atoms with Gasteiger partial charge in [0.1, 0.15) is 17.1 Å². The third kappa shape index (κ3) is 9.04. The number of methoxy groups -OCH3 is 4. The van der Waals surface area contributed by atoms with Crippen molar-refractivity contribution in [1.29, 1.82) is 0 Å². The van der Waals surface area contributed by atoms with Gasteiger partial charge in [0.15, 0.2) is 5.92 Å². The van der Waals surface area contributed by atoms with E-state index in [-0.39, 0.29) is 11.4 Å². The van der Waals surface area contributed by atoms with Gasteiger partial charge in [0, 0.05) is 47.4 Å². The number of aromatic nitrogens is 2. The molecule has 0 aliphatic carbocycles. The summed E-state index contributed by atoms with van der Waals surface area (Å²) in [4.78, 5) is 36.6. The number of rotatable bonds is 8. The van der Waals surface area contributed by atoms with Crippen molar-refractivity contribution in [3.8, 4) is 28.5 Å². The van der Waals surface area contributed by atoms with Crippen molar-refractivity contribution >= 4 is 35.1 Å². The number of carbonyl (C=O) groups is 2. The molecule has 0 spiro atoms. The van der Waals surface area contributed by atoms with Gasteiger partial charge in [-0.05, 0) is 73.9 Å². The molecule has 1 fully saturated rings. The number of fused-ring (bicyclic) bond motifs is 1. The fourth-order valence-corrected chi connectivity index (χ4v) is 6.20. The van der Waals surface area contributed by atoms with Crippen molar-refractivity contribution in [3.63, 3.8) is 0 Å². The van der Waals surface area contributed by atoms with Gasteiger partial charge in [0.05, 0.1) is 28.4 Å². The van der Waals surface area contributed by atoms with Gasteiger partial charge in [0.2, 0.25) is 5.88 Å². The van der Waals surface area contributed by atoms with Crippen molar-refractivity contribution in [2.24, 2.45) is 0 Å². The molecule has 0 saturated carbocycles. The number of nitrogens with one attached hydrogen (secondary N) is 2. The van der Waals surface area contributed by atoms with Crippen molar-refractivity contribution < 1.29 is 33.6 Å². The van der Waals surface area contributed by atoms with E-state index in [0.29, 0.717) is 64.2 Å². The Morgan fingerprint density at radius 3 is 1.71 bits per heavy atom. The number of hydrogen-bond donors (Lipinski definition) is 3. The third-order valence-electron chi connectivity index (χ3n) is 8.13. The maximum Gasteiger partial charge on any atom is 0.324 e. The highest BCUT2D eigenvalue weighted by molar-refractivity contribution is 6.31. The molecule has 12 nitrogen and oxygen atoms in total. The number of hydrazine groups is 1. The number of carbonyl (C=O) groups excluding carboxylic acids is 2. The van der Waals surface area contributed by atoms with Gasteiger partial charge in [-0.3, -0.25) is 29.9 Å². The summed E-state index contributed by atoms with van der Waals surface area (Å²) < 4.78 is 23.3. The molecular weight excluding hydrogens is 663 g/mol. The minimum absolute atomic E-state index is 0.0139. The predicted octanol–water partition coefficient (Wildman–Crippen LogP) is 5.26. The standard InChI is InChI=1S/C16H19ClN2O3.C14H17ClO5.C4H10N2/c1-3-10-8-11(17)9-12(22-2)13(10)14-15(20)18-6-4-5-7-19(18)16(14)21;1-5-8-6-9(15)7-10(18-2)11(8)12(13(16)19-3)14(17)20-4;1-2-4-6-5-3-1/h8-9,20H,3-7H2,1-2H3;6-7,12H,5H2,1-4H3;5-6H,1-4H2. The molecule has 2 aliphatic heterocycles. The van der Waals surface area contributed by atoms with Crippen LogP contribution in [0.5, 0.6) is 17.4 Å². The lowest BCUT2D eigenvalue weighted by Gasteiger charge is -2.19. The van der Waals surface area contributed by atoms with E-state index in [1.165, 1.54) is 34.2 Å². The van der Waals surface area contributed by atoms with Gasteiger partial charge in [0.25, 0.3) is 5.56 Å². The van der Waals surface area contributed by atoms with E-state index in [0.717, 1.165) is 37.1 Å². The zero-order valence-electron chi connectivity index (χ0n) is 28.4. The van der Waals surface area contributed by atoms with Crippen molar-refractivity contribution in [1.82, 2.24) is 20.2 Å². The van der Waals surface area contributed by atoms with Crippen LogP contribution in [-0.2, 0) is 45.0 Å². The maximum absolute atomic E-state index is 12.7. The molecule has 3 heterocycles. The molecule has 14 heteroatoms. The van der Waals surface area contributed by atoms with Crippen LogP contribution in [0.25, 0.3) is 11.1 Å². The molecular formula is C34H46Cl2N4O8. The smallest absolute Gasteiger partial charge is 0.324 e. The first kappa shape index (κ1) is 38.7. The van der Waals surface area contributed by atoms with Crippen LogP contribution < -0.4 is 25.9 Å². The molecule has 2 aliphatic rings. The van der Waals surface area contributed by atoms with Crippen LogP contribution in [0.1, 0.15) is 62.1 Å². The van der Waals surface area contributed by atoms with E-state index in [4.69, 9.17) is 42.1 Å². The fraction of sp³-hybridized carbons (Fsp3) is 0.500. The molecule has 3 N–H and O–H groups in total. The topological polar surface area (TPSA) is 142 Å². The van der Waals surface area contributed by atoms with Gasteiger partial charge in [-0.1, -0.05) is 37.0 Å². The van der Waals surface area contributed by atoms with E-state index in [1.807, 2.05) is 19.9 Å². The first-order valence-corrected chi connectivity index (χ1v) is 16.7. The summed E-state index contributed by atoms with van der Waals surface area (Å²) >= 11 is 12.1. The molecule has 3 aromatic rings. The van der Waals surface area contributed by atoms with Crippen molar-refractivity contribution in [3.05, 3.63) is 61.4 Å². The quantitative estimate of drug-likeness (QED) is 0.210. The second kappa shape index (κ2) is 18.7. The second-order valence-electron chi connectivity index (χ2n) is 11.0. The predicted molar refractivity (Wildman–Crippen MR) is 185 cm³/mol. The highest BCUT2D eigenvalue weighted by Gasteiger charge is 2.35. The minimum atomic E-state index is -1.19. The average Bonchev–Trinajstić information content (AvgIpc) is 3.37. The van der Waals surface area contributed by atoms with E-state index < -0.39 is 17.9 Å². The van der Waals surface area contributed by atoms with Crippen LogP contribution in [0.3, 0.4) is 0 Å². The first-order chi connectivity index (χ1) is 23.1. The molecule has 5 rings (SSSR count). The summed E-state index contributed by atoms with van der Waals surface area (Å²) in [6, 6.07) is 6.74. The van der Waals surface area contributed by atoms with Crippen molar-refractivity contribution in [2.75, 3.05) is 41.5 Å². The normalized spacial score (nSPS) is 13.7. The number of halogens is 2. The molecule has 1 aromatic heterocycles. The maximum atomic E-state index is 12.7. The first-order valence-electron chi connectivity index (χ1n) is 15.9. The monoisotopic (exact) mass is 708 g/mol. The van der Waals surface area contributed by atoms with Crippen LogP contribution in [0, 0.1) is 0 Å². The molecule has 48 heavy (non-hydrogen) atoms. The Labute approximate surface area is 291 Å². The van der Waals surface area contributed by atoms with Crippen LogP contribution in [-0.4, -0.2) is 67.9 Å². The lowest BCUT2D eigenvalue weighted by Crippen LogP contribution is -2.37. The second-order valence-corrected chi connectivity index (χ2v) is 11.9. The van der Waals surface area contributed by atoms with Crippen LogP contribution in [0.2, 0.25) is 10.0 Å². The van der Waals surface area contributed by atoms with E-state index in [1.54, 1.807) is 34.7 Å². The Kier molecular flexibility index (Phi) is 15.1. The van der Waals surface area contributed by atoms with Gasteiger partial charge in [-0.25, -0.2) is 4.68 Å². The molecule has 0 bridgehead atoms. The lowest BCUT2D eigenvalue weighted by molar-refractivity contribution is -0.154. The largest absolute Gasteiger partial charge is 0.496 e. The average molecular weight is 710 g/mol. The number of esters is 2. The number of benzene rings is 2. The van der Waals surface area contributed by atoms with Gasteiger partial charge < -0.3 is 24.1 Å². The van der Waals surface area contributed by atoms with E-state index >= 15 is 0 Å². The van der Waals surface area contributed by atoms with Gasteiger partial charge in [-0.2, -0.15) is 0 Å². The lowest BCUT2D eigenvalue weighted by atomic mass is 9.91. The van der Waals surface area contributed by atoms with Gasteiger partial charge in [-0.15, -0.1) is 0 Å². The number of ether oxygens (including phenoxy) is 4. The minimum Gasteiger partial charge on any atom is -0.496 e. The van der Waals surface area contributed by atoms with Crippen molar-refractivity contribution in [2.45, 2.75) is 71.4 Å². The number of hydrogen-bond acceptors (Lipinski definition) is 10. The zero-order valence-corrected chi connectivity index (χ0v) is 29.9. The van der Waals surface area contributed by atoms with Crippen LogP contribution in [0.15, 0.2) is 29.1 Å². The fourth-order valence-electron chi connectivity index (χ4n) is 5.74. The third-order valence-corrected chi connectivity index (χ3v) is 8.57. The van der Waals surface area contributed by atoms with Crippen LogP contribution >= 0.6 is 23.2 Å². The summed E-state index contributed by atoms with van der Waals surface area (Å²) in [5.41, 5.74) is 8.90. The highest BCUT2D eigenvalue weighted by atomic mass is 35.5. The molecule has 0 atom stereocenters. The van der Waals surface area contributed by atoms with Gasteiger partial charge >= 0.3 is 11.9 Å². The Balaban J connectivity index is 0.000000223. The molecule has 264 valence electrons. The Morgan fingerprint density at radius 2 is 1.27 bits per heavy atom. The summed E-state index contributed by atoms with van der Waals surface area (Å²) in [5, 5.41) is 11.6. The molecule has 0 amide bonds. The summed E-state index contributed by atoms with van der Waals surface area (Å²) in [7, 11) is 5.41. The zero-order chi connectivity index (χ0) is 35.4. The Morgan fingerprint density at radius 1 is 0.771 bits per heavy atom. The summed E-state index contributed by atoms with van der Waals surface area (Å²) in [6.45, 7) is 7.43. The Hall–Kier alpha value is -3.71. The Bertz CT molecular complexity index is 1540. The summed E-state index contributed by atoms with van der Waals surface area (Å²) in [5.74, 6) is -1.71. The van der Waals surface area contributed by atoms with E-state index in [9.17, 15) is 19.5 Å². The van der Waals surface area contributed by atoms with Crippen LogP contribution in [0.4, 0.5) is 0 Å².